The minimum atomic E-state index is -4.62. The molecule has 0 aliphatic rings. The van der Waals surface area contributed by atoms with Crippen LogP contribution in [0.15, 0.2) is 10.9 Å². The predicted molar refractivity (Wildman–Crippen MR) is 53.2 cm³/mol. The summed E-state index contributed by atoms with van der Waals surface area (Å²) in [7, 11) is 0. The Kier molecular flexibility index (Phi) is 4.87. The Hall–Kier alpha value is -0.970. The minimum absolute atomic E-state index is 0.151. The molecule has 1 rings (SSSR count). The number of halogens is 4. The molecule has 2 nitrogen and oxygen atoms in total. The Bertz CT molecular complexity index is 384. The molecule has 0 aromatic carbocycles. The second-order valence-electron chi connectivity index (χ2n) is 2.50. The van der Waals surface area contributed by atoms with Gasteiger partial charge >= 0.3 is 6.18 Å². The van der Waals surface area contributed by atoms with Crippen LogP contribution in [0.25, 0.3) is 0 Å². The highest BCUT2D eigenvalue weighted by Crippen LogP contribution is 2.31. The second-order valence-corrected chi connectivity index (χ2v) is 2.91. The molecule has 6 heteroatoms. The number of alkyl halides is 3. The molecule has 0 atom stereocenters. The molecule has 0 radical (unpaired) electrons. The number of nitrogens with one attached hydrogen (secondary N) is 1. The Balaban J connectivity index is 0.000000921. The molecular formula is C9H11ClF3NO. The maximum atomic E-state index is 12.1. The van der Waals surface area contributed by atoms with Gasteiger partial charge in [0.2, 0.25) is 0 Å². The van der Waals surface area contributed by atoms with Crippen LogP contribution in [0.4, 0.5) is 13.2 Å². The lowest BCUT2D eigenvalue weighted by Crippen LogP contribution is -2.18. The van der Waals surface area contributed by atoms with Crippen LogP contribution in [0.5, 0.6) is 0 Å². The Morgan fingerprint density at radius 3 is 2.20 bits per heavy atom. The Morgan fingerprint density at radius 2 is 1.80 bits per heavy atom. The summed E-state index contributed by atoms with van der Waals surface area (Å²) < 4.78 is 36.3. The molecule has 15 heavy (non-hydrogen) atoms. The van der Waals surface area contributed by atoms with Crippen LogP contribution < -0.4 is 5.56 Å². The molecule has 86 valence electrons. The lowest BCUT2D eigenvalue weighted by Gasteiger charge is -2.08. The molecule has 0 amide bonds. The fourth-order valence-corrected chi connectivity index (χ4v) is 1.12. The number of H-pyrrole nitrogens is 1. The van der Waals surface area contributed by atoms with Crippen molar-refractivity contribution in [2.24, 2.45) is 0 Å². The van der Waals surface area contributed by atoms with Gasteiger partial charge in [0.25, 0.3) is 5.56 Å². The fourth-order valence-electron chi connectivity index (χ4n) is 0.806. The standard InChI is InChI=1S/C7H5ClF3NO.C2H6/c1-3-2-4(8)5(7(9,10)11)12-6(3)13;1-2/h2H,1H3,(H,12,13);1-2H3. The molecule has 1 aromatic heterocycles. The molecular weight excluding hydrogens is 231 g/mol. The van der Waals surface area contributed by atoms with Gasteiger partial charge in [-0.2, -0.15) is 13.2 Å². The number of pyridine rings is 1. The number of rotatable bonds is 0. The van der Waals surface area contributed by atoms with Gasteiger partial charge in [0.15, 0.2) is 0 Å². The van der Waals surface area contributed by atoms with Crippen molar-refractivity contribution >= 4 is 11.6 Å². The maximum Gasteiger partial charge on any atom is 0.432 e. The Morgan fingerprint density at radius 1 is 1.33 bits per heavy atom. The molecule has 1 heterocycles. The molecule has 0 aliphatic heterocycles. The van der Waals surface area contributed by atoms with E-state index in [4.69, 9.17) is 11.6 Å². The van der Waals surface area contributed by atoms with Crippen LogP contribution in [0.1, 0.15) is 25.1 Å². The number of hydrogen-bond donors (Lipinski definition) is 1. The fraction of sp³-hybridized carbons (Fsp3) is 0.444. The van der Waals surface area contributed by atoms with E-state index in [-0.39, 0.29) is 5.56 Å². The van der Waals surface area contributed by atoms with Crippen LogP contribution in [0, 0.1) is 6.92 Å². The molecule has 1 aromatic rings. The molecule has 0 spiro atoms. The third-order valence-corrected chi connectivity index (χ3v) is 1.76. The van der Waals surface area contributed by atoms with Crippen LogP contribution in [-0.4, -0.2) is 4.98 Å². The molecule has 0 unspecified atom stereocenters. The van der Waals surface area contributed by atoms with Gasteiger partial charge in [-0.3, -0.25) is 4.79 Å². The van der Waals surface area contributed by atoms with Crippen molar-refractivity contribution in [3.05, 3.63) is 32.7 Å². The number of hydrogen-bond acceptors (Lipinski definition) is 1. The lowest BCUT2D eigenvalue weighted by molar-refractivity contribution is -0.141. The van der Waals surface area contributed by atoms with E-state index in [1.807, 2.05) is 13.8 Å². The number of aryl methyl sites for hydroxylation is 1. The van der Waals surface area contributed by atoms with Crippen molar-refractivity contribution in [3.8, 4) is 0 Å². The highest BCUT2D eigenvalue weighted by Gasteiger charge is 2.34. The first-order valence-electron chi connectivity index (χ1n) is 4.29. The first-order valence-corrected chi connectivity index (χ1v) is 4.67. The van der Waals surface area contributed by atoms with Crippen molar-refractivity contribution < 1.29 is 13.2 Å². The molecule has 0 bridgehead atoms. The molecule has 1 N–H and O–H groups in total. The summed E-state index contributed by atoms with van der Waals surface area (Å²) in [4.78, 5) is 12.5. The molecule has 0 fully saturated rings. The zero-order chi connectivity index (χ0) is 12.2. The average molecular weight is 242 g/mol. The maximum absolute atomic E-state index is 12.1. The molecule has 0 saturated carbocycles. The largest absolute Gasteiger partial charge is 0.432 e. The van der Waals surface area contributed by atoms with E-state index in [0.29, 0.717) is 0 Å². The van der Waals surface area contributed by atoms with Gasteiger partial charge in [0.1, 0.15) is 5.69 Å². The molecule has 0 saturated heterocycles. The van der Waals surface area contributed by atoms with E-state index in [0.717, 1.165) is 6.07 Å². The van der Waals surface area contributed by atoms with Crippen molar-refractivity contribution in [2.45, 2.75) is 26.9 Å². The topological polar surface area (TPSA) is 32.9 Å². The van der Waals surface area contributed by atoms with Gasteiger partial charge in [-0.05, 0) is 13.0 Å². The highest BCUT2D eigenvalue weighted by atomic mass is 35.5. The van der Waals surface area contributed by atoms with Gasteiger partial charge in [-0.25, -0.2) is 0 Å². The number of aromatic nitrogens is 1. The zero-order valence-electron chi connectivity index (χ0n) is 8.50. The second kappa shape index (κ2) is 5.21. The summed E-state index contributed by atoms with van der Waals surface area (Å²) in [5.74, 6) is 0. The summed E-state index contributed by atoms with van der Waals surface area (Å²) in [6, 6.07) is 0.989. The van der Waals surface area contributed by atoms with Crippen molar-refractivity contribution in [1.82, 2.24) is 4.98 Å². The monoisotopic (exact) mass is 241 g/mol. The van der Waals surface area contributed by atoms with Crippen LogP contribution >= 0.6 is 11.6 Å². The Labute approximate surface area is 90.1 Å². The van der Waals surface area contributed by atoms with Crippen LogP contribution in [-0.2, 0) is 6.18 Å². The SMILES string of the molecule is CC.Cc1cc(Cl)c(C(F)(F)F)[nH]c1=O. The summed E-state index contributed by atoms with van der Waals surface area (Å²) >= 11 is 5.30. The van der Waals surface area contributed by atoms with Gasteiger partial charge in [0, 0.05) is 5.56 Å². The minimum Gasteiger partial charge on any atom is -0.317 e. The third kappa shape index (κ3) is 3.58. The van der Waals surface area contributed by atoms with Gasteiger partial charge in [-0.15, -0.1) is 0 Å². The smallest absolute Gasteiger partial charge is 0.317 e. The van der Waals surface area contributed by atoms with E-state index < -0.39 is 22.5 Å². The van der Waals surface area contributed by atoms with Crippen LogP contribution in [0.2, 0.25) is 5.02 Å². The van der Waals surface area contributed by atoms with Crippen LogP contribution in [0.3, 0.4) is 0 Å². The summed E-state index contributed by atoms with van der Waals surface area (Å²) in [6.07, 6.45) is -4.62. The summed E-state index contributed by atoms with van der Waals surface area (Å²) in [6.45, 7) is 5.38. The van der Waals surface area contributed by atoms with Crippen molar-refractivity contribution in [3.63, 3.8) is 0 Å². The average Bonchev–Trinajstić information content (AvgIpc) is 2.13. The van der Waals surface area contributed by atoms with Gasteiger partial charge < -0.3 is 4.98 Å². The van der Waals surface area contributed by atoms with E-state index in [1.54, 1.807) is 4.98 Å². The first kappa shape index (κ1) is 14.0. The molecule has 0 aliphatic carbocycles. The summed E-state index contributed by atoms with van der Waals surface area (Å²) in [5.41, 5.74) is -1.83. The van der Waals surface area contributed by atoms with Gasteiger partial charge in [-0.1, -0.05) is 25.4 Å². The van der Waals surface area contributed by atoms with E-state index in [2.05, 4.69) is 0 Å². The third-order valence-electron chi connectivity index (χ3n) is 1.46. The van der Waals surface area contributed by atoms with E-state index in [9.17, 15) is 18.0 Å². The zero-order valence-corrected chi connectivity index (χ0v) is 9.25. The number of aromatic amines is 1. The van der Waals surface area contributed by atoms with Crippen molar-refractivity contribution in [1.29, 1.82) is 0 Å². The van der Waals surface area contributed by atoms with E-state index in [1.165, 1.54) is 6.92 Å². The van der Waals surface area contributed by atoms with Gasteiger partial charge in [0.05, 0.1) is 5.02 Å². The lowest BCUT2D eigenvalue weighted by atomic mass is 10.2. The first-order chi connectivity index (χ1) is 6.82. The van der Waals surface area contributed by atoms with Crippen molar-refractivity contribution in [2.75, 3.05) is 0 Å². The quantitative estimate of drug-likeness (QED) is 0.742. The summed E-state index contributed by atoms with van der Waals surface area (Å²) in [5, 5.41) is -0.496. The predicted octanol–water partition coefficient (Wildman–Crippen LogP) is 3.38. The van der Waals surface area contributed by atoms with E-state index >= 15 is 0 Å². The highest BCUT2D eigenvalue weighted by molar-refractivity contribution is 6.31. The normalized spacial score (nSPS) is 10.6.